The zero-order chi connectivity index (χ0) is 15.2. The number of pyridine rings is 1. The second-order valence-corrected chi connectivity index (χ2v) is 4.19. The molecule has 2 aromatic rings. The molecule has 0 spiro atoms. The highest BCUT2D eigenvalue weighted by Gasteiger charge is 2.14. The van der Waals surface area contributed by atoms with Gasteiger partial charge in [0.15, 0.2) is 11.5 Å². The predicted octanol–water partition coefficient (Wildman–Crippen LogP) is 2.51. The van der Waals surface area contributed by atoms with Gasteiger partial charge < -0.3 is 14.8 Å². The SMILES string of the molecule is CNCc1cccnc1Oc1ccc([N+](=O)[O-])cc1OC. The maximum Gasteiger partial charge on any atom is 0.273 e. The normalized spacial score (nSPS) is 10.2. The third-order valence-electron chi connectivity index (χ3n) is 2.78. The monoisotopic (exact) mass is 289 g/mol. The number of benzene rings is 1. The number of non-ortho nitro benzene ring substituents is 1. The molecule has 0 saturated heterocycles. The Bertz CT molecular complexity index is 646. The quantitative estimate of drug-likeness (QED) is 0.649. The Labute approximate surface area is 121 Å². The van der Waals surface area contributed by atoms with E-state index in [2.05, 4.69) is 10.3 Å². The molecular weight excluding hydrogens is 274 g/mol. The number of nitrogens with zero attached hydrogens (tertiary/aromatic N) is 2. The van der Waals surface area contributed by atoms with Crippen LogP contribution in [0.5, 0.6) is 17.4 Å². The van der Waals surface area contributed by atoms with Crippen molar-refractivity contribution in [1.82, 2.24) is 10.3 Å². The van der Waals surface area contributed by atoms with E-state index < -0.39 is 4.92 Å². The van der Waals surface area contributed by atoms with Gasteiger partial charge in [-0.3, -0.25) is 10.1 Å². The van der Waals surface area contributed by atoms with Gasteiger partial charge in [-0.15, -0.1) is 0 Å². The smallest absolute Gasteiger partial charge is 0.273 e. The number of rotatable bonds is 6. The van der Waals surface area contributed by atoms with Crippen LogP contribution in [0.3, 0.4) is 0 Å². The molecule has 0 atom stereocenters. The molecule has 1 aromatic heterocycles. The lowest BCUT2D eigenvalue weighted by molar-refractivity contribution is -0.384. The summed E-state index contributed by atoms with van der Waals surface area (Å²) in [5.41, 5.74) is 0.816. The van der Waals surface area contributed by atoms with Gasteiger partial charge in [0.05, 0.1) is 18.1 Å². The number of nitro groups is 1. The first-order valence-electron chi connectivity index (χ1n) is 6.24. The van der Waals surface area contributed by atoms with Gasteiger partial charge in [0.2, 0.25) is 5.88 Å². The first kappa shape index (κ1) is 14.7. The molecule has 0 amide bonds. The van der Waals surface area contributed by atoms with E-state index in [0.717, 1.165) is 5.56 Å². The van der Waals surface area contributed by atoms with Gasteiger partial charge in [-0.2, -0.15) is 0 Å². The van der Waals surface area contributed by atoms with Crippen LogP contribution < -0.4 is 14.8 Å². The second kappa shape index (κ2) is 6.67. The zero-order valence-corrected chi connectivity index (χ0v) is 11.7. The van der Waals surface area contributed by atoms with Crippen molar-refractivity contribution in [1.29, 1.82) is 0 Å². The van der Waals surface area contributed by atoms with Gasteiger partial charge in [-0.1, -0.05) is 6.07 Å². The Hall–Kier alpha value is -2.67. The molecule has 1 aromatic carbocycles. The Kier molecular flexibility index (Phi) is 4.68. The van der Waals surface area contributed by atoms with Crippen LogP contribution in [-0.4, -0.2) is 24.1 Å². The number of ether oxygens (including phenoxy) is 2. The topological polar surface area (TPSA) is 86.5 Å². The molecule has 2 rings (SSSR count). The minimum absolute atomic E-state index is 0.0596. The molecule has 7 heteroatoms. The van der Waals surface area contributed by atoms with Crippen molar-refractivity contribution in [2.75, 3.05) is 14.2 Å². The Morgan fingerprint density at radius 1 is 1.33 bits per heavy atom. The lowest BCUT2D eigenvalue weighted by Crippen LogP contribution is -2.07. The Balaban J connectivity index is 2.33. The van der Waals surface area contributed by atoms with Crippen LogP contribution in [0, 0.1) is 10.1 Å². The molecule has 1 N–H and O–H groups in total. The van der Waals surface area contributed by atoms with Crippen molar-refractivity contribution in [3.05, 3.63) is 52.2 Å². The van der Waals surface area contributed by atoms with E-state index in [0.29, 0.717) is 18.2 Å². The molecule has 110 valence electrons. The van der Waals surface area contributed by atoms with Gasteiger partial charge in [0.25, 0.3) is 5.69 Å². The van der Waals surface area contributed by atoms with Gasteiger partial charge in [0.1, 0.15) is 0 Å². The van der Waals surface area contributed by atoms with Crippen molar-refractivity contribution in [2.45, 2.75) is 6.54 Å². The van der Waals surface area contributed by atoms with Crippen LogP contribution in [0.25, 0.3) is 0 Å². The summed E-state index contributed by atoms with van der Waals surface area (Å²) in [4.78, 5) is 14.5. The fourth-order valence-electron chi connectivity index (χ4n) is 1.80. The minimum atomic E-state index is -0.487. The fraction of sp³-hybridized carbons (Fsp3) is 0.214. The van der Waals surface area contributed by atoms with Gasteiger partial charge in [-0.05, 0) is 19.2 Å². The van der Waals surface area contributed by atoms with Crippen molar-refractivity contribution < 1.29 is 14.4 Å². The molecule has 0 unspecified atom stereocenters. The van der Waals surface area contributed by atoms with Crippen LogP contribution in [0.1, 0.15) is 5.56 Å². The molecule has 0 aliphatic carbocycles. The van der Waals surface area contributed by atoms with E-state index in [4.69, 9.17) is 9.47 Å². The van der Waals surface area contributed by atoms with Gasteiger partial charge in [0, 0.05) is 24.4 Å². The summed E-state index contributed by atoms with van der Waals surface area (Å²) in [5.74, 6) is 1.09. The largest absolute Gasteiger partial charge is 0.493 e. The fourth-order valence-corrected chi connectivity index (χ4v) is 1.80. The molecule has 21 heavy (non-hydrogen) atoms. The average molecular weight is 289 g/mol. The van der Waals surface area contributed by atoms with Crippen molar-refractivity contribution in [2.24, 2.45) is 0 Å². The van der Waals surface area contributed by atoms with Crippen molar-refractivity contribution >= 4 is 5.69 Å². The number of aromatic nitrogens is 1. The summed E-state index contributed by atoms with van der Waals surface area (Å²) in [6.07, 6.45) is 1.62. The predicted molar refractivity (Wildman–Crippen MR) is 76.7 cm³/mol. The molecule has 0 aliphatic rings. The van der Waals surface area contributed by atoms with E-state index in [9.17, 15) is 10.1 Å². The Morgan fingerprint density at radius 3 is 2.81 bits per heavy atom. The third kappa shape index (κ3) is 3.46. The average Bonchev–Trinajstić information content (AvgIpc) is 2.49. The van der Waals surface area contributed by atoms with Crippen LogP contribution in [0.4, 0.5) is 5.69 Å². The van der Waals surface area contributed by atoms with Crippen molar-refractivity contribution in [3.8, 4) is 17.4 Å². The first-order chi connectivity index (χ1) is 10.2. The summed E-state index contributed by atoms with van der Waals surface area (Å²) < 4.78 is 10.9. The van der Waals surface area contributed by atoms with Crippen LogP contribution >= 0.6 is 0 Å². The highest BCUT2D eigenvalue weighted by Crippen LogP contribution is 2.34. The van der Waals surface area contributed by atoms with Gasteiger partial charge in [-0.25, -0.2) is 4.98 Å². The number of nitrogens with one attached hydrogen (secondary N) is 1. The third-order valence-corrected chi connectivity index (χ3v) is 2.78. The van der Waals surface area contributed by atoms with Gasteiger partial charge >= 0.3 is 0 Å². The zero-order valence-electron chi connectivity index (χ0n) is 11.7. The number of hydrogen-bond donors (Lipinski definition) is 1. The van der Waals surface area contributed by atoms with Crippen LogP contribution in [-0.2, 0) is 6.54 Å². The van der Waals surface area contributed by atoms with Crippen LogP contribution in [0.2, 0.25) is 0 Å². The summed E-state index contributed by atoms with van der Waals surface area (Å²) in [5, 5.41) is 13.8. The summed E-state index contributed by atoms with van der Waals surface area (Å²) >= 11 is 0. The maximum absolute atomic E-state index is 10.8. The highest BCUT2D eigenvalue weighted by atomic mass is 16.6. The Morgan fingerprint density at radius 2 is 2.14 bits per heavy atom. The van der Waals surface area contributed by atoms with E-state index in [1.165, 1.54) is 25.3 Å². The highest BCUT2D eigenvalue weighted by molar-refractivity contribution is 5.50. The molecule has 0 saturated carbocycles. The number of methoxy groups -OCH3 is 1. The minimum Gasteiger partial charge on any atom is -0.493 e. The van der Waals surface area contributed by atoms with Crippen LogP contribution in [0.15, 0.2) is 36.5 Å². The van der Waals surface area contributed by atoms with E-state index in [1.54, 1.807) is 6.20 Å². The second-order valence-electron chi connectivity index (χ2n) is 4.19. The first-order valence-corrected chi connectivity index (χ1v) is 6.24. The molecule has 0 fully saturated rings. The molecule has 1 heterocycles. The lowest BCUT2D eigenvalue weighted by atomic mass is 10.2. The van der Waals surface area contributed by atoms with E-state index >= 15 is 0 Å². The molecule has 0 bridgehead atoms. The lowest BCUT2D eigenvalue weighted by Gasteiger charge is -2.12. The number of nitro benzene ring substituents is 1. The summed E-state index contributed by atoms with van der Waals surface area (Å²) in [6.45, 7) is 0.596. The summed E-state index contributed by atoms with van der Waals surface area (Å²) in [7, 11) is 3.25. The standard InChI is InChI=1S/C14H15N3O4/c1-15-9-10-4-3-7-16-14(10)21-12-6-5-11(17(18)19)8-13(12)20-2/h3-8,15H,9H2,1-2H3. The maximum atomic E-state index is 10.8. The molecule has 0 radical (unpaired) electrons. The van der Waals surface area contributed by atoms with E-state index in [1.807, 2.05) is 19.2 Å². The van der Waals surface area contributed by atoms with Crippen molar-refractivity contribution in [3.63, 3.8) is 0 Å². The van der Waals surface area contributed by atoms with E-state index in [-0.39, 0.29) is 11.4 Å². The molecule has 0 aliphatic heterocycles. The molecule has 7 nitrogen and oxygen atoms in total. The number of hydrogen-bond acceptors (Lipinski definition) is 6. The molecular formula is C14H15N3O4. The summed E-state index contributed by atoms with van der Waals surface area (Å²) in [6, 6.07) is 7.87.